The van der Waals surface area contributed by atoms with Crippen LogP contribution in [0.1, 0.15) is 43.9 Å². The molecule has 0 radical (unpaired) electrons. The standard InChI is InChI=1S/C25H24F2N6.ClH/c1-25(2,27)21-13-28-14-22(31-21)32-24-19(12-30-33(24)3)23-20(26)10-18(11-29-23)17-8-6-16(7-9-17)15-4-5-15;/h6-15H,4-5H2,1-3H3,(H,31,32);1H. The molecule has 1 N–H and O–H groups in total. The second-order valence-corrected chi connectivity index (χ2v) is 8.87. The number of alkyl halides is 1. The third kappa shape index (κ3) is 4.77. The van der Waals surface area contributed by atoms with E-state index >= 15 is 4.39 Å². The van der Waals surface area contributed by atoms with E-state index in [1.807, 2.05) is 12.1 Å². The summed E-state index contributed by atoms with van der Waals surface area (Å²) < 4.78 is 31.0. The van der Waals surface area contributed by atoms with Gasteiger partial charge in [-0.05, 0) is 49.8 Å². The van der Waals surface area contributed by atoms with Gasteiger partial charge in [0.2, 0.25) is 0 Å². The van der Waals surface area contributed by atoms with Gasteiger partial charge >= 0.3 is 0 Å². The van der Waals surface area contributed by atoms with Crippen LogP contribution in [0.2, 0.25) is 0 Å². The number of aryl methyl sites for hydroxylation is 1. The summed E-state index contributed by atoms with van der Waals surface area (Å²) >= 11 is 0. The van der Waals surface area contributed by atoms with Crippen LogP contribution in [0.4, 0.5) is 20.4 Å². The van der Waals surface area contributed by atoms with Gasteiger partial charge in [-0.2, -0.15) is 5.10 Å². The largest absolute Gasteiger partial charge is 0.323 e. The number of anilines is 2. The number of benzene rings is 1. The van der Waals surface area contributed by atoms with Crippen molar-refractivity contribution < 1.29 is 8.78 Å². The molecule has 1 saturated carbocycles. The van der Waals surface area contributed by atoms with Crippen molar-refractivity contribution >= 4 is 24.0 Å². The van der Waals surface area contributed by atoms with Crippen molar-refractivity contribution in [3.8, 4) is 22.4 Å². The predicted octanol–water partition coefficient (Wildman–Crippen LogP) is 6.33. The van der Waals surface area contributed by atoms with E-state index in [2.05, 4.69) is 37.5 Å². The van der Waals surface area contributed by atoms with Crippen LogP contribution in [0.15, 0.2) is 55.1 Å². The normalized spacial score (nSPS) is 13.4. The minimum absolute atomic E-state index is 0. The topological polar surface area (TPSA) is 68.5 Å². The fraction of sp³-hybridized carbons (Fsp3) is 0.280. The van der Waals surface area contributed by atoms with Crippen LogP contribution >= 0.6 is 12.4 Å². The lowest BCUT2D eigenvalue weighted by molar-refractivity contribution is 0.214. The molecule has 0 atom stereocenters. The first-order chi connectivity index (χ1) is 15.8. The molecular weight excluding hydrogens is 458 g/mol. The van der Waals surface area contributed by atoms with Crippen molar-refractivity contribution in [3.05, 3.63) is 72.2 Å². The highest BCUT2D eigenvalue weighted by molar-refractivity contribution is 5.85. The van der Waals surface area contributed by atoms with Gasteiger partial charge in [-0.15, -0.1) is 12.4 Å². The van der Waals surface area contributed by atoms with Gasteiger partial charge in [0.15, 0.2) is 5.82 Å². The summed E-state index contributed by atoms with van der Waals surface area (Å²) in [6.07, 6.45) is 8.54. The fourth-order valence-electron chi connectivity index (χ4n) is 3.75. The summed E-state index contributed by atoms with van der Waals surface area (Å²) in [6.45, 7) is 2.83. The number of nitrogens with one attached hydrogen (secondary N) is 1. The van der Waals surface area contributed by atoms with E-state index in [1.54, 1.807) is 17.9 Å². The van der Waals surface area contributed by atoms with E-state index in [-0.39, 0.29) is 23.8 Å². The van der Waals surface area contributed by atoms with E-state index in [0.29, 0.717) is 28.7 Å². The summed E-state index contributed by atoms with van der Waals surface area (Å²) in [7, 11) is 1.72. The minimum Gasteiger partial charge on any atom is -0.323 e. The van der Waals surface area contributed by atoms with Crippen LogP contribution in [0, 0.1) is 5.82 Å². The zero-order valence-corrected chi connectivity index (χ0v) is 19.9. The second kappa shape index (κ2) is 9.10. The lowest BCUT2D eigenvalue weighted by Crippen LogP contribution is -2.13. The van der Waals surface area contributed by atoms with Gasteiger partial charge < -0.3 is 5.32 Å². The summed E-state index contributed by atoms with van der Waals surface area (Å²) in [5.74, 6) is 1.02. The first-order valence-electron chi connectivity index (χ1n) is 10.9. The summed E-state index contributed by atoms with van der Waals surface area (Å²) in [6, 6.07) is 9.72. The van der Waals surface area contributed by atoms with Gasteiger partial charge in [-0.1, -0.05) is 24.3 Å². The molecule has 6 nitrogen and oxygen atoms in total. The van der Waals surface area contributed by atoms with Crippen LogP contribution in [-0.2, 0) is 12.7 Å². The Morgan fingerprint density at radius 2 is 1.76 bits per heavy atom. The highest BCUT2D eigenvalue weighted by Gasteiger charge is 2.24. The van der Waals surface area contributed by atoms with E-state index in [1.165, 1.54) is 56.9 Å². The maximum absolute atomic E-state index is 15.2. The number of halogens is 3. The Hall–Kier alpha value is -3.39. The van der Waals surface area contributed by atoms with Crippen molar-refractivity contribution in [2.75, 3.05) is 5.32 Å². The lowest BCUT2D eigenvalue weighted by atomic mass is 10.0. The average Bonchev–Trinajstić information content (AvgIpc) is 3.59. The van der Waals surface area contributed by atoms with Crippen LogP contribution in [0.25, 0.3) is 22.4 Å². The first-order valence-corrected chi connectivity index (χ1v) is 10.9. The summed E-state index contributed by atoms with van der Waals surface area (Å²) in [4.78, 5) is 12.8. The number of nitrogens with zero attached hydrogens (tertiary/aromatic N) is 5. The lowest BCUT2D eigenvalue weighted by Gasteiger charge is -2.15. The van der Waals surface area contributed by atoms with Crippen molar-refractivity contribution in [1.29, 1.82) is 0 Å². The Balaban J connectivity index is 0.00000274. The molecule has 1 aliphatic carbocycles. The second-order valence-electron chi connectivity index (χ2n) is 8.87. The van der Waals surface area contributed by atoms with E-state index < -0.39 is 11.5 Å². The Labute approximate surface area is 202 Å². The molecule has 0 aliphatic heterocycles. The predicted molar refractivity (Wildman–Crippen MR) is 131 cm³/mol. The zero-order chi connectivity index (χ0) is 23.2. The van der Waals surface area contributed by atoms with E-state index in [0.717, 1.165) is 5.56 Å². The van der Waals surface area contributed by atoms with Crippen molar-refractivity contribution in [3.63, 3.8) is 0 Å². The van der Waals surface area contributed by atoms with E-state index in [9.17, 15) is 4.39 Å². The van der Waals surface area contributed by atoms with Crippen LogP contribution in [-0.4, -0.2) is 24.7 Å². The highest BCUT2D eigenvalue weighted by atomic mass is 35.5. The number of pyridine rings is 1. The molecule has 0 spiro atoms. The number of aromatic nitrogens is 5. The molecule has 4 aromatic rings. The molecule has 0 bridgehead atoms. The van der Waals surface area contributed by atoms with Gasteiger partial charge in [-0.3, -0.25) is 14.6 Å². The smallest absolute Gasteiger partial charge is 0.150 e. The zero-order valence-electron chi connectivity index (χ0n) is 19.1. The molecule has 0 saturated heterocycles. The third-order valence-corrected chi connectivity index (χ3v) is 5.82. The molecule has 1 fully saturated rings. The summed E-state index contributed by atoms with van der Waals surface area (Å²) in [5.41, 5.74) is 2.15. The number of rotatable bonds is 6. The van der Waals surface area contributed by atoms with Crippen LogP contribution in [0.3, 0.4) is 0 Å². The number of hydrogen-bond acceptors (Lipinski definition) is 5. The van der Waals surface area contributed by atoms with Crippen molar-refractivity contribution in [1.82, 2.24) is 24.7 Å². The molecule has 0 unspecified atom stereocenters. The number of hydrogen-bond donors (Lipinski definition) is 1. The molecule has 1 aromatic carbocycles. The molecule has 3 aromatic heterocycles. The SMILES string of the molecule is Cl.Cn1ncc(-c2ncc(-c3ccc(C4CC4)cc3)cc2F)c1Nc1cncc(C(C)(C)F)n1. The Kier molecular flexibility index (Phi) is 6.36. The molecule has 0 amide bonds. The summed E-state index contributed by atoms with van der Waals surface area (Å²) in [5, 5.41) is 7.32. The first kappa shape index (κ1) is 23.8. The van der Waals surface area contributed by atoms with Gasteiger partial charge in [0, 0.05) is 18.8 Å². The Bertz CT molecular complexity index is 1310. The minimum atomic E-state index is -1.64. The highest BCUT2D eigenvalue weighted by Crippen LogP contribution is 2.40. The Morgan fingerprint density at radius 3 is 2.41 bits per heavy atom. The van der Waals surface area contributed by atoms with Gasteiger partial charge in [0.05, 0.1) is 29.8 Å². The molecule has 176 valence electrons. The molecule has 5 rings (SSSR count). The van der Waals surface area contributed by atoms with Crippen molar-refractivity contribution in [2.24, 2.45) is 7.05 Å². The van der Waals surface area contributed by atoms with E-state index in [4.69, 9.17) is 0 Å². The van der Waals surface area contributed by atoms with Gasteiger partial charge in [0.25, 0.3) is 0 Å². The van der Waals surface area contributed by atoms with Crippen LogP contribution < -0.4 is 5.32 Å². The fourth-order valence-corrected chi connectivity index (χ4v) is 3.75. The maximum atomic E-state index is 15.2. The van der Waals surface area contributed by atoms with Gasteiger partial charge in [0.1, 0.15) is 23.0 Å². The molecular formula is C25H25ClF2N6. The average molecular weight is 483 g/mol. The van der Waals surface area contributed by atoms with Crippen LogP contribution in [0.5, 0.6) is 0 Å². The maximum Gasteiger partial charge on any atom is 0.150 e. The van der Waals surface area contributed by atoms with Crippen molar-refractivity contribution in [2.45, 2.75) is 38.3 Å². The van der Waals surface area contributed by atoms with Gasteiger partial charge in [-0.25, -0.2) is 13.8 Å². The monoisotopic (exact) mass is 482 g/mol. The molecule has 3 heterocycles. The Morgan fingerprint density at radius 1 is 1.03 bits per heavy atom. The molecule has 34 heavy (non-hydrogen) atoms. The molecule has 1 aliphatic rings. The molecule has 9 heteroatoms. The quantitative estimate of drug-likeness (QED) is 0.348. The third-order valence-electron chi connectivity index (χ3n) is 5.82.